The molecule has 0 aliphatic heterocycles. The van der Waals surface area contributed by atoms with Crippen LogP contribution in [0.25, 0.3) is 0 Å². The molecule has 1 amide bonds. The topological polar surface area (TPSA) is 29.1 Å². The standard InChI is InChI=1S/C31H63NO/c1-3-5-7-9-11-12-13-14-15-16-17-18-19-20-21-22-23-25-27-29-31(33)32-30-28-26-24-10-8-6-4-2/h3-30H2,1-2H3,(H,32,33). The molecule has 0 saturated carbocycles. The number of hydrogen-bond acceptors (Lipinski definition) is 1. The summed E-state index contributed by atoms with van der Waals surface area (Å²) in [7, 11) is 0. The fraction of sp³-hybridized carbons (Fsp3) is 0.968. The summed E-state index contributed by atoms with van der Waals surface area (Å²) in [5, 5.41) is 3.10. The van der Waals surface area contributed by atoms with Crippen LogP contribution in [0.5, 0.6) is 0 Å². The van der Waals surface area contributed by atoms with E-state index in [-0.39, 0.29) is 5.91 Å². The second-order valence-corrected chi connectivity index (χ2v) is 10.6. The van der Waals surface area contributed by atoms with Crippen LogP contribution in [0.3, 0.4) is 0 Å². The van der Waals surface area contributed by atoms with Gasteiger partial charge in [0.1, 0.15) is 0 Å². The van der Waals surface area contributed by atoms with Crippen molar-refractivity contribution >= 4 is 5.91 Å². The summed E-state index contributed by atoms with van der Waals surface area (Å²) in [4.78, 5) is 11.9. The van der Waals surface area contributed by atoms with Crippen molar-refractivity contribution in [3.63, 3.8) is 0 Å². The number of nitrogens with one attached hydrogen (secondary N) is 1. The first-order valence-electron chi connectivity index (χ1n) is 15.6. The molecule has 0 aliphatic rings. The Labute approximate surface area is 209 Å². The largest absolute Gasteiger partial charge is 0.356 e. The van der Waals surface area contributed by atoms with Crippen molar-refractivity contribution in [3.8, 4) is 0 Å². The minimum atomic E-state index is 0.271. The van der Waals surface area contributed by atoms with Gasteiger partial charge in [-0.3, -0.25) is 4.79 Å². The van der Waals surface area contributed by atoms with Crippen LogP contribution in [0, 0.1) is 0 Å². The lowest BCUT2D eigenvalue weighted by Gasteiger charge is -2.06. The Morgan fingerprint density at radius 3 is 1.00 bits per heavy atom. The number of carbonyl (C=O) groups is 1. The normalized spacial score (nSPS) is 11.2. The fourth-order valence-corrected chi connectivity index (χ4v) is 4.76. The van der Waals surface area contributed by atoms with Gasteiger partial charge in [0.15, 0.2) is 0 Å². The van der Waals surface area contributed by atoms with E-state index in [1.807, 2.05) is 0 Å². The van der Waals surface area contributed by atoms with Gasteiger partial charge in [-0.05, 0) is 12.8 Å². The minimum absolute atomic E-state index is 0.271. The van der Waals surface area contributed by atoms with Crippen molar-refractivity contribution in [1.29, 1.82) is 0 Å². The maximum Gasteiger partial charge on any atom is 0.219 e. The summed E-state index contributed by atoms with van der Waals surface area (Å²) in [6, 6.07) is 0. The summed E-state index contributed by atoms with van der Waals surface area (Å²) < 4.78 is 0. The molecule has 0 heterocycles. The van der Waals surface area contributed by atoms with E-state index >= 15 is 0 Å². The third kappa shape index (κ3) is 29.4. The van der Waals surface area contributed by atoms with Crippen LogP contribution < -0.4 is 5.32 Å². The number of carbonyl (C=O) groups excluding carboxylic acids is 1. The van der Waals surface area contributed by atoms with E-state index in [1.165, 1.54) is 154 Å². The van der Waals surface area contributed by atoms with Crippen LogP contribution in [0.4, 0.5) is 0 Å². The average molecular weight is 466 g/mol. The van der Waals surface area contributed by atoms with Gasteiger partial charge in [-0.1, -0.05) is 168 Å². The van der Waals surface area contributed by atoms with Crippen molar-refractivity contribution < 1.29 is 4.79 Å². The van der Waals surface area contributed by atoms with Crippen molar-refractivity contribution in [2.45, 2.75) is 187 Å². The zero-order valence-electron chi connectivity index (χ0n) is 23.2. The van der Waals surface area contributed by atoms with Gasteiger partial charge >= 0.3 is 0 Å². The number of amides is 1. The lowest BCUT2D eigenvalue weighted by molar-refractivity contribution is -0.121. The second-order valence-electron chi connectivity index (χ2n) is 10.6. The van der Waals surface area contributed by atoms with Crippen molar-refractivity contribution in [1.82, 2.24) is 5.32 Å². The Kier molecular flexibility index (Phi) is 29.0. The van der Waals surface area contributed by atoms with E-state index < -0.39 is 0 Å². The van der Waals surface area contributed by atoms with Crippen LogP contribution >= 0.6 is 0 Å². The van der Waals surface area contributed by atoms with Gasteiger partial charge in [0.2, 0.25) is 5.91 Å². The summed E-state index contributed by atoms with van der Waals surface area (Å²) in [5.74, 6) is 0.271. The van der Waals surface area contributed by atoms with Gasteiger partial charge in [-0.25, -0.2) is 0 Å². The molecule has 0 saturated heterocycles. The molecule has 0 radical (unpaired) electrons. The summed E-state index contributed by atoms with van der Waals surface area (Å²) in [5.41, 5.74) is 0. The van der Waals surface area contributed by atoms with Crippen LogP contribution in [0.15, 0.2) is 0 Å². The molecule has 0 aliphatic carbocycles. The number of rotatable bonds is 28. The first-order valence-corrected chi connectivity index (χ1v) is 15.6. The summed E-state index contributed by atoms with van der Waals surface area (Å²) >= 11 is 0. The highest BCUT2D eigenvalue weighted by atomic mass is 16.1. The molecule has 2 heteroatoms. The molecule has 198 valence electrons. The Morgan fingerprint density at radius 2 is 0.667 bits per heavy atom. The van der Waals surface area contributed by atoms with E-state index in [1.54, 1.807) is 0 Å². The van der Waals surface area contributed by atoms with Crippen LogP contribution in [0.1, 0.15) is 187 Å². The van der Waals surface area contributed by atoms with Crippen molar-refractivity contribution in [3.05, 3.63) is 0 Å². The Morgan fingerprint density at radius 1 is 0.394 bits per heavy atom. The summed E-state index contributed by atoms with van der Waals surface area (Å²) in [6.07, 6.45) is 36.5. The fourth-order valence-electron chi connectivity index (χ4n) is 4.76. The first-order chi connectivity index (χ1) is 16.3. The van der Waals surface area contributed by atoms with Crippen LogP contribution in [0.2, 0.25) is 0 Å². The van der Waals surface area contributed by atoms with E-state index in [2.05, 4.69) is 19.2 Å². The molecule has 33 heavy (non-hydrogen) atoms. The number of unbranched alkanes of at least 4 members (excludes halogenated alkanes) is 24. The molecule has 0 aromatic carbocycles. The molecule has 1 N–H and O–H groups in total. The van der Waals surface area contributed by atoms with Crippen molar-refractivity contribution in [2.75, 3.05) is 6.54 Å². The molecule has 0 bridgehead atoms. The second kappa shape index (κ2) is 29.5. The third-order valence-corrected chi connectivity index (χ3v) is 7.11. The lowest BCUT2D eigenvalue weighted by Crippen LogP contribution is -2.23. The Balaban J connectivity index is 3.11. The minimum Gasteiger partial charge on any atom is -0.356 e. The highest BCUT2D eigenvalue weighted by Gasteiger charge is 2.01. The smallest absolute Gasteiger partial charge is 0.219 e. The molecule has 0 atom stereocenters. The molecule has 0 aromatic heterocycles. The van der Waals surface area contributed by atoms with Gasteiger partial charge < -0.3 is 5.32 Å². The molecule has 0 spiro atoms. The zero-order valence-corrected chi connectivity index (χ0v) is 23.2. The monoisotopic (exact) mass is 465 g/mol. The Hall–Kier alpha value is -0.530. The lowest BCUT2D eigenvalue weighted by atomic mass is 10.0. The van der Waals surface area contributed by atoms with Gasteiger partial charge in [-0.2, -0.15) is 0 Å². The SMILES string of the molecule is CCCCCCCCCCCCCCCCCCCCCC(=O)NCCCCCCCCC. The van der Waals surface area contributed by atoms with Gasteiger partial charge in [-0.15, -0.1) is 0 Å². The molecular weight excluding hydrogens is 402 g/mol. The molecular formula is C31H63NO. The van der Waals surface area contributed by atoms with E-state index in [0.717, 1.165) is 25.8 Å². The van der Waals surface area contributed by atoms with Gasteiger partial charge in [0, 0.05) is 13.0 Å². The quantitative estimate of drug-likeness (QED) is 0.114. The number of hydrogen-bond donors (Lipinski definition) is 1. The molecule has 0 unspecified atom stereocenters. The van der Waals surface area contributed by atoms with Crippen LogP contribution in [-0.4, -0.2) is 12.5 Å². The highest BCUT2D eigenvalue weighted by molar-refractivity contribution is 5.75. The summed E-state index contributed by atoms with van der Waals surface area (Å²) in [6.45, 7) is 5.44. The van der Waals surface area contributed by atoms with Crippen molar-refractivity contribution in [2.24, 2.45) is 0 Å². The molecule has 0 fully saturated rings. The van der Waals surface area contributed by atoms with Crippen LogP contribution in [-0.2, 0) is 4.79 Å². The maximum atomic E-state index is 11.9. The van der Waals surface area contributed by atoms with E-state index in [4.69, 9.17) is 0 Å². The predicted octanol–water partition coefficient (Wildman–Crippen LogP) is 10.7. The van der Waals surface area contributed by atoms with E-state index in [0.29, 0.717) is 0 Å². The average Bonchev–Trinajstić information content (AvgIpc) is 2.82. The molecule has 2 nitrogen and oxygen atoms in total. The van der Waals surface area contributed by atoms with Gasteiger partial charge in [0.25, 0.3) is 0 Å². The zero-order chi connectivity index (χ0) is 24.1. The predicted molar refractivity (Wildman–Crippen MR) is 149 cm³/mol. The molecule has 0 rings (SSSR count). The van der Waals surface area contributed by atoms with E-state index in [9.17, 15) is 4.79 Å². The third-order valence-electron chi connectivity index (χ3n) is 7.11. The molecule has 0 aromatic rings. The first kappa shape index (κ1) is 32.5. The van der Waals surface area contributed by atoms with Gasteiger partial charge in [0.05, 0.1) is 0 Å². The maximum absolute atomic E-state index is 11.9. The Bertz CT molecular complexity index is 368. The highest BCUT2D eigenvalue weighted by Crippen LogP contribution is 2.15.